The third-order valence-corrected chi connectivity index (χ3v) is 5.46. The smallest absolute Gasteiger partial charge is 0.152 e. The number of hydrogen-bond acceptors (Lipinski definition) is 4. The van der Waals surface area contributed by atoms with Crippen LogP contribution < -0.4 is 11.1 Å². The van der Waals surface area contributed by atoms with Crippen molar-refractivity contribution in [2.75, 3.05) is 24.6 Å². The van der Waals surface area contributed by atoms with Crippen LogP contribution in [0.25, 0.3) is 0 Å². The predicted octanol–water partition coefficient (Wildman–Crippen LogP) is 1.16. The molecule has 0 radical (unpaired) electrons. The van der Waals surface area contributed by atoms with Crippen LogP contribution in [0.15, 0.2) is 0 Å². The lowest BCUT2D eigenvalue weighted by atomic mass is 9.84. The molecule has 1 aliphatic rings. The molecule has 108 valence electrons. The van der Waals surface area contributed by atoms with E-state index in [1.54, 1.807) is 0 Å². The topological polar surface area (TPSA) is 72.2 Å². The van der Waals surface area contributed by atoms with Crippen LogP contribution in [0.5, 0.6) is 0 Å². The first kappa shape index (κ1) is 15.9. The molecule has 2 unspecified atom stereocenters. The van der Waals surface area contributed by atoms with Gasteiger partial charge in [-0.1, -0.05) is 20.8 Å². The molecular formula is C13H28N2O2S. The van der Waals surface area contributed by atoms with Crippen molar-refractivity contribution in [2.24, 2.45) is 17.1 Å². The molecule has 0 spiro atoms. The molecule has 1 saturated heterocycles. The van der Waals surface area contributed by atoms with E-state index in [2.05, 4.69) is 26.1 Å². The van der Waals surface area contributed by atoms with E-state index < -0.39 is 9.84 Å². The maximum Gasteiger partial charge on any atom is 0.152 e. The molecule has 1 aliphatic heterocycles. The zero-order valence-electron chi connectivity index (χ0n) is 12.1. The second-order valence-electron chi connectivity index (χ2n) is 7.15. The Balaban J connectivity index is 2.49. The van der Waals surface area contributed by atoms with Gasteiger partial charge in [-0.15, -0.1) is 0 Å². The van der Waals surface area contributed by atoms with Gasteiger partial charge in [0.25, 0.3) is 0 Å². The van der Waals surface area contributed by atoms with Gasteiger partial charge in [0.2, 0.25) is 0 Å². The lowest BCUT2D eigenvalue weighted by Gasteiger charge is -2.30. The summed E-state index contributed by atoms with van der Waals surface area (Å²) < 4.78 is 23.0. The lowest BCUT2D eigenvalue weighted by molar-refractivity contribution is 0.267. The van der Waals surface area contributed by atoms with Crippen LogP contribution >= 0.6 is 0 Å². The fraction of sp³-hybridized carbons (Fsp3) is 1.00. The molecule has 1 heterocycles. The van der Waals surface area contributed by atoms with Crippen molar-refractivity contribution in [3.63, 3.8) is 0 Å². The molecule has 5 heteroatoms. The Hall–Kier alpha value is -0.130. The van der Waals surface area contributed by atoms with Gasteiger partial charge in [-0.2, -0.15) is 0 Å². The van der Waals surface area contributed by atoms with Gasteiger partial charge in [-0.25, -0.2) is 8.42 Å². The molecule has 0 aromatic heterocycles. The van der Waals surface area contributed by atoms with E-state index in [9.17, 15) is 8.42 Å². The first-order valence-corrected chi connectivity index (χ1v) is 8.53. The predicted molar refractivity (Wildman–Crippen MR) is 76.3 cm³/mol. The quantitative estimate of drug-likeness (QED) is 0.790. The maximum absolute atomic E-state index is 11.5. The van der Waals surface area contributed by atoms with Crippen molar-refractivity contribution in [3.8, 4) is 0 Å². The number of rotatable bonds is 5. The summed E-state index contributed by atoms with van der Waals surface area (Å²) in [7, 11) is -2.84. The molecule has 3 N–H and O–H groups in total. The van der Waals surface area contributed by atoms with Gasteiger partial charge in [0.15, 0.2) is 9.84 Å². The Kier molecular flexibility index (Phi) is 4.84. The second kappa shape index (κ2) is 5.47. The lowest BCUT2D eigenvalue weighted by Crippen LogP contribution is -2.47. The monoisotopic (exact) mass is 276 g/mol. The van der Waals surface area contributed by atoms with E-state index in [0.29, 0.717) is 24.6 Å². The van der Waals surface area contributed by atoms with Gasteiger partial charge >= 0.3 is 0 Å². The van der Waals surface area contributed by atoms with Crippen LogP contribution in [-0.4, -0.2) is 38.6 Å². The Morgan fingerprint density at radius 2 is 2.00 bits per heavy atom. The van der Waals surface area contributed by atoms with Gasteiger partial charge < -0.3 is 11.1 Å². The Morgan fingerprint density at radius 3 is 2.39 bits per heavy atom. The van der Waals surface area contributed by atoms with E-state index in [0.717, 1.165) is 13.0 Å². The normalized spacial score (nSPS) is 29.4. The van der Waals surface area contributed by atoms with Gasteiger partial charge in [-0.3, -0.25) is 0 Å². The summed E-state index contributed by atoms with van der Waals surface area (Å²) in [5.74, 6) is 0.973. The van der Waals surface area contributed by atoms with Crippen LogP contribution in [0.3, 0.4) is 0 Å². The van der Waals surface area contributed by atoms with Gasteiger partial charge in [0.1, 0.15) is 0 Å². The highest BCUT2D eigenvalue weighted by molar-refractivity contribution is 7.91. The summed E-state index contributed by atoms with van der Waals surface area (Å²) in [6, 6.07) is 0. The molecule has 1 rings (SSSR count). The summed E-state index contributed by atoms with van der Waals surface area (Å²) in [5.41, 5.74) is 5.80. The summed E-state index contributed by atoms with van der Waals surface area (Å²) in [6.45, 7) is 10.1. The third kappa shape index (κ3) is 5.24. The molecule has 0 aliphatic carbocycles. The fourth-order valence-corrected chi connectivity index (χ4v) is 4.77. The number of nitrogens with one attached hydrogen (secondary N) is 1. The Bertz CT molecular complexity index is 373. The van der Waals surface area contributed by atoms with Crippen molar-refractivity contribution in [1.29, 1.82) is 0 Å². The third-order valence-electron chi connectivity index (χ3n) is 3.56. The molecule has 4 nitrogen and oxygen atoms in total. The van der Waals surface area contributed by atoms with Crippen molar-refractivity contribution >= 4 is 9.84 Å². The highest BCUT2D eigenvalue weighted by atomic mass is 32.2. The molecule has 1 fully saturated rings. The number of nitrogens with two attached hydrogens (primary N) is 1. The standard InChI is InChI=1S/C13H28N2O2S/c1-12(2,3)7-11(8-14)9-15-13(4)5-6-18(16,17)10-13/h11,15H,5-10,14H2,1-4H3. The van der Waals surface area contributed by atoms with Crippen molar-refractivity contribution in [2.45, 2.75) is 46.1 Å². The molecule has 0 saturated carbocycles. The largest absolute Gasteiger partial charge is 0.330 e. The first-order chi connectivity index (χ1) is 8.05. The maximum atomic E-state index is 11.5. The number of hydrogen-bond donors (Lipinski definition) is 2. The second-order valence-corrected chi connectivity index (χ2v) is 9.33. The molecule has 2 atom stereocenters. The molecule has 0 amide bonds. The molecular weight excluding hydrogens is 248 g/mol. The van der Waals surface area contributed by atoms with Crippen LogP contribution in [0.1, 0.15) is 40.5 Å². The van der Waals surface area contributed by atoms with Crippen molar-refractivity contribution in [1.82, 2.24) is 5.32 Å². The summed E-state index contributed by atoms with van der Waals surface area (Å²) in [6.07, 6.45) is 1.77. The zero-order chi connectivity index (χ0) is 14.0. The average molecular weight is 276 g/mol. The van der Waals surface area contributed by atoms with E-state index >= 15 is 0 Å². The van der Waals surface area contributed by atoms with Crippen LogP contribution in [-0.2, 0) is 9.84 Å². The van der Waals surface area contributed by atoms with E-state index in [1.807, 2.05) is 6.92 Å². The van der Waals surface area contributed by atoms with Gasteiger partial charge in [-0.05, 0) is 44.2 Å². The molecule has 0 bridgehead atoms. The van der Waals surface area contributed by atoms with Crippen molar-refractivity contribution < 1.29 is 8.42 Å². The van der Waals surface area contributed by atoms with E-state index in [-0.39, 0.29) is 16.7 Å². The highest BCUT2D eigenvalue weighted by Gasteiger charge is 2.38. The fourth-order valence-electron chi connectivity index (χ4n) is 2.65. The highest BCUT2D eigenvalue weighted by Crippen LogP contribution is 2.26. The minimum atomic E-state index is -2.84. The van der Waals surface area contributed by atoms with E-state index in [4.69, 9.17) is 5.73 Å². The summed E-state index contributed by atoms with van der Waals surface area (Å²) >= 11 is 0. The van der Waals surface area contributed by atoms with Crippen LogP contribution in [0.2, 0.25) is 0 Å². The van der Waals surface area contributed by atoms with Gasteiger partial charge in [0.05, 0.1) is 11.5 Å². The van der Waals surface area contributed by atoms with Crippen LogP contribution in [0, 0.1) is 11.3 Å². The minimum absolute atomic E-state index is 0.257. The average Bonchev–Trinajstić information content (AvgIpc) is 2.47. The molecule has 0 aromatic carbocycles. The Morgan fingerprint density at radius 1 is 1.39 bits per heavy atom. The van der Waals surface area contributed by atoms with Crippen molar-refractivity contribution in [3.05, 3.63) is 0 Å². The Labute approximate surface area is 112 Å². The minimum Gasteiger partial charge on any atom is -0.330 e. The summed E-state index contributed by atoms with van der Waals surface area (Å²) in [5, 5.41) is 3.43. The summed E-state index contributed by atoms with van der Waals surface area (Å²) in [4.78, 5) is 0. The van der Waals surface area contributed by atoms with Gasteiger partial charge in [0, 0.05) is 5.54 Å². The molecule has 0 aromatic rings. The zero-order valence-corrected chi connectivity index (χ0v) is 12.9. The molecule has 18 heavy (non-hydrogen) atoms. The van der Waals surface area contributed by atoms with E-state index in [1.165, 1.54) is 0 Å². The number of sulfone groups is 1. The SMILES string of the molecule is CC(C)(C)CC(CN)CNC1(C)CCS(=O)(=O)C1. The van der Waals surface area contributed by atoms with Crippen LogP contribution in [0.4, 0.5) is 0 Å². The first-order valence-electron chi connectivity index (χ1n) is 6.71.